The van der Waals surface area contributed by atoms with E-state index < -0.39 is 0 Å². The van der Waals surface area contributed by atoms with Gasteiger partial charge in [0.2, 0.25) is 0 Å². The summed E-state index contributed by atoms with van der Waals surface area (Å²) in [7, 11) is 0. The van der Waals surface area contributed by atoms with Gasteiger partial charge in [0.05, 0.1) is 11.2 Å². The van der Waals surface area contributed by atoms with Crippen molar-refractivity contribution in [2.24, 2.45) is 0 Å². The number of nitrogens with two attached hydrogens (primary N) is 1. The van der Waals surface area contributed by atoms with Crippen LogP contribution in [0.15, 0.2) is 4.79 Å². The minimum absolute atomic E-state index is 0.0205. The van der Waals surface area contributed by atoms with E-state index in [1.54, 1.807) is 0 Å². The molecular formula is C13H23N3O. The smallest absolute Gasteiger partial charge is 0.290 e. The Kier molecular flexibility index (Phi) is 2.84. The molecule has 0 bridgehead atoms. The van der Waals surface area contributed by atoms with Gasteiger partial charge in [-0.3, -0.25) is 9.48 Å². The van der Waals surface area contributed by atoms with Gasteiger partial charge in [0, 0.05) is 12.5 Å². The number of aromatic nitrogens is 2. The number of nitrogens with zero attached hydrogens (tertiary/aromatic N) is 2. The lowest BCUT2D eigenvalue weighted by molar-refractivity contribution is 0.278. The Morgan fingerprint density at radius 1 is 1.35 bits per heavy atom. The molecule has 0 spiro atoms. The second-order valence-electron chi connectivity index (χ2n) is 5.98. The van der Waals surface area contributed by atoms with Crippen molar-refractivity contribution in [3.63, 3.8) is 0 Å². The molecule has 1 heterocycles. The topological polar surface area (TPSA) is 52.9 Å². The van der Waals surface area contributed by atoms with Gasteiger partial charge in [-0.25, -0.2) is 4.68 Å². The summed E-state index contributed by atoms with van der Waals surface area (Å²) in [5, 5.41) is 0. The van der Waals surface area contributed by atoms with Gasteiger partial charge in [0.1, 0.15) is 5.69 Å². The van der Waals surface area contributed by atoms with Crippen LogP contribution in [0.1, 0.15) is 58.6 Å². The van der Waals surface area contributed by atoms with E-state index in [-0.39, 0.29) is 11.1 Å². The normalized spacial score (nSPS) is 16.5. The fourth-order valence-electron chi connectivity index (χ4n) is 2.47. The van der Waals surface area contributed by atoms with Crippen molar-refractivity contribution in [3.8, 4) is 0 Å². The summed E-state index contributed by atoms with van der Waals surface area (Å²) >= 11 is 0. The highest BCUT2D eigenvalue weighted by molar-refractivity contribution is 5.45. The van der Waals surface area contributed by atoms with Gasteiger partial charge in [-0.1, -0.05) is 6.92 Å². The molecule has 0 aromatic carbocycles. The Balaban J connectivity index is 2.64. The Morgan fingerprint density at radius 2 is 1.94 bits per heavy atom. The van der Waals surface area contributed by atoms with Crippen LogP contribution >= 0.6 is 0 Å². The molecule has 1 fully saturated rings. The monoisotopic (exact) mass is 237 g/mol. The first kappa shape index (κ1) is 12.3. The van der Waals surface area contributed by atoms with E-state index in [0.29, 0.717) is 11.6 Å². The number of hydrogen-bond donors (Lipinski definition) is 1. The van der Waals surface area contributed by atoms with E-state index in [1.165, 1.54) is 12.8 Å². The molecule has 1 saturated carbocycles. The summed E-state index contributed by atoms with van der Waals surface area (Å²) in [6.45, 7) is 9.16. The molecule has 4 nitrogen and oxygen atoms in total. The molecule has 1 aliphatic rings. The van der Waals surface area contributed by atoms with Gasteiger partial charge < -0.3 is 5.73 Å². The van der Waals surface area contributed by atoms with E-state index in [4.69, 9.17) is 5.73 Å². The zero-order chi connectivity index (χ0) is 12.8. The average molecular weight is 237 g/mol. The molecule has 1 aromatic rings. The van der Waals surface area contributed by atoms with Crippen molar-refractivity contribution in [2.45, 2.75) is 65.0 Å². The van der Waals surface area contributed by atoms with Gasteiger partial charge >= 0.3 is 0 Å². The lowest BCUT2D eigenvalue weighted by Crippen LogP contribution is -2.37. The maximum Gasteiger partial charge on any atom is 0.290 e. The quantitative estimate of drug-likeness (QED) is 0.876. The molecule has 0 radical (unpaired) electrons. The Morgan fingerprint density at radius 3 is 2.35 bits per heavy atom. The Hall–Kier alpha value is -1.19. The van der Waals surface area contributed by atoms with Crippen LogP contribution in [0.5, 0.6) is 0 Å². The molecule has 1 aromatic heterocycles. The van der Waals surface area contributed by atoms with Crippen LogP contribution in [0.3, 0.4) is 0 Å². The summed E-state index contributed by atoms with van der Waals surface area (Å²) in [5.74, 6) is 0.512. The molecule has 0 unspecified atom stereocenters. The second-order valence-corrected chi connectivity index (χ2v) is 5.98. The first-order valence-electron chi connectivity index (χ1n) is 6.49. The molecule has 0 amide bonds. The number of anilines is 1. The third-order valence-corrected chi connectivity index (χ3v) is 3.25. The van der Waals surface area contributed by atoms with Crippen LogP contribution in [0.2, 0.25) is 0 Å². The van der Waals surface area contributed by atoms with Crippen LogP contribution in [0, 0.1) is 0 Å². The van der Waals surface area contributed by atoms with Crippen molar-refractivity contribution < 1.29 is 0 Å². The van der Waals surface area contributed by atoms with Crippen LogP contribution < -0.4 is 11.3 Å². The predicted molar refractivity (Wildman–Crippen MR) is 70.4 cm³/mol. The number of nitrogen functional groups attached to an aromatic ring is 1. The molecule has 0 saturated heterocycles. The van der Waals surface area contributed by atoms with Gasteiger partial charge in [-0.15, -0.1) is 0 Å². The van der Waals surface area contributed by atoms with E-state index in [1.807, 2.05) is 4.68 Å². The first-order valence-corrected chi connectivity index (χ1v) is 6.49. The fourth-order valence-corrected chi connectivity index (χ4v) is 2.47. The maximum absolute atomic E-state index is 12.3. The zero-order valence-electron chi connectivity index (χ0n) is 11.3. The van der Waals surface area contributed by atoms with Gasteiger partial charge in [0.15, 0.2) is 0 Å². The van der Waals surface area contributed by atoms with Crippen LogP contribution in [-0.2, 0) is 12.1 Å². The molecule has 2 rings (SSSR count). The molecule has 0 atom stereocenters. The van der Waals surface area contributed by atoms with Crippen molar-refractivity contribution in [2.75, 3.05) is 5.73 Å². The zero-order valence-corrected chi connectivity index (χ0v) is 11.3. The van der Waals surface area contributed by atoms with Gasteiger partial charge in [-0.05, 0) is 40.0 Å². The van der Waals surface area contributed by atoms with E-state index in [9.17, 15) is 4.79 Å². The summed E-state index contributed by atoms with van der Waals surface area (Å²) < 4.78 is 3.95. The van der Waals surface area contributed by atoms with Crippen molar-refractivity contribution >= 4 is 5.69 Å². The molecule has 17 heavy (non-hydrogen) atoms. The van der Waals surface area contributed by atoms with E-state index >= 15 is 0 Å². The van der Waals surface area contributed by atoms with E-state index in [0.717, 1.165) is 18.7 Å². The lowest BCUT2D eigenvalue weighted by Gasteiger charge is -2.25. The third-order valence-electron chi connectivity index (χ3n) is 3.25. The highest BCUT2D eigenvalue weighted by atomic mass is 16.1. The fraction of sp³-hybridized carbons (Fsp3) is 0.769. The largest absolute Gasteiger partial charge is 0.393 e. The number of rotatable bonds is 3. The second kappa shape index (κ2) is 3.93. The predicted octanol–water partition coefficient (Wildman–Crippen LogP) is 2.27. The lowest BCUT2D eigenvalue weighted by atomic mass is 10.1. The van der Waals surface area contributed by atoms with E-state index in [2.05, 4.69) is 32.4 Å². The average Bonchev–Trinajstić information content (AvgIpc) is 2.96. The summed E-state index contributed by atoms with van der Waals surface area (Å²) in [6, 6.07) is 0. The molecule has 4 heteroatoms. The van der Waals surface area contributed by atoms with Crippen LogP contribution in [0.4, 0.5) is 5.69 Å². The number of hydrogen-bond acceptors (Lipinski definition) is 2. The molecular weight excluding hydrogens is 214 g/mol. The van der Waals surface area contributed by atoms with Crippen LogP contribution in [-0.4, -0.2) is 9.36 Å². The summed E-state index contributed by atoms with van der Waals surface area (Å²) in [5.41, 5.74) is 7.33. The SMILES string of the molecule is CCCn1c(C2CC2)c(N)c(=O)n1C(C)(C)C. The Labute approximate surface area is 102 Å². The maximum atomic E-state index is 12.3. The molecule has 2 N–H and O–H groups in total. The van der Waals surface area contributed by atoms with Crippen LogP contribution in [0.25, 0.3) is 0 Å². The minimum atomic E-state index is -0.215. The Bertz CT molecular complexity index is 472. The van der Waals surface area contributed by atoms with Crippen molar-refractivity contribution in [1.82, 2.24) is 9.36 Å². The highest BCUT2D eigenvalue weighted by Gasteiger charge is 2.34. The summed E-state index contributed by atoms with van der Waals surface area (Å²) in [4.78, 5) is 12.3. The van der Waals surface area contributed by atoms with Gasteiger partial charge in [0.25, 0.3) is 5.56 Å². The standard InChI is InChI=1S/C13H23N3O/c1-5-8-15-11(9-6-7-9)10(14)12(17)16(15)13(2,3)4/h9H,5-8,14H2,1-4H3. The first-order chi connectivity index (χ1) is 7.88. The molecule has 0 aliphatic heterocycles. The van der Waals surface area contributed by atoms with Crippen molar-refractivity contribution in [1.29, 1.82) is 0 Å². The van der Waals surface area contributed by atoms with Crippen molar-refractivity contribution in [3.05, 3.63) is 16.0 Å². The minimum Gasteiger partial charge on any atom is -0.393 e. The molecule has 96 valence electrons. The van der Waals surface area contributed by atoms with Gasteiger partial charge in [-0.2, -0.15) is 0 Å². The molecule has 1 aliphatic carbocycles. The summed E-state index contributed by atoms with van der Waals surface area (Å²) in [6.07, 6.45) is 3.35. The third kappa shape index (κ3) is 2.01. The highest BCUT2D eigenvalue weighted by Crippen LogP contribution is 2.42.